The molecule has 0 aliphatic carbocycles. The van der Waals surface area contributed by atoms with Crippen molar-refractivity contribution < 1.29 is 37.6 Å². The minimum Gasteiger partial charge on any atom is -0.489 e. The van der Waals surface area contributed by atoms with E-state index < -0.39 is 35.4 Å². The van der Waals surface area contributed by atoms with Crippen molar-refractivity contribution in [3.63, 3.8) is 0 Å². The van der Waals surface area contributed by atoms with E-state index in [4.69, 9.17) is 28.9 Å². The van der Waals surface area contributed by atoms with Crippen molar-refractivity contribution in [2.24, 2.45) is 0 Å². The summed E-state index contributed by atoms with van der Waals surface area (Å²) in [6, 6.07) is 39.7. The lowest BCUT2D eigenvalue weighted by Crippen LogP contribution is -2.51. The van der Waals surface area contributed by atoms with E-state index in [2.05, 4.69) is 73.9 Å². The van der Waals surface area contributed by atoms with Gasteiger partial charge in [0, 0.05) is 115 Å². The van der Waals surface area contributed by atoms with Gasteiger partial charge >= 0.3 is 12.7 Å². The van der Waals surface area contributed by atoms with Crippen molar-refractivity contribution in [1.29, 1.82) is 0 Å². The number of nitrogens with two attached hydrogens (primary N) is 1. The van der Waals surface area contributed by atoms with Crippen molar-refractivity contribution >= 4 is 64.0 Å². The number of hydrogen-bond acceptors (Lipinski definition) is 12. The maximum atomic E-state index is 15.5. The fourth-order valence-corrected chi connectivity index (χ4v) is 11.4. The number of para-hydroxylation sites is 2. The lowest BCUT2D eigenvalue weighted by molar-refractivity contribution is 0.00578. The molecule has 4 aliphatic heterocycles. The molecular formula is C62H65BN6O9. The van der Waals surface area contributed by atoms with Crippen LogP contribution in [0, 0.1) is 0 Å². The van der Waals surface area contributed by atoms with Crippen molar-refractivity contribution in [2.45, 2.75) is 78.7 Å². The molecule has 11 rings (SSSR count). The van der Waals surface area contributed by atoms with Gasteiger partial charge in [-0.2, -0.15) is 0 Å². The summed E-state index contributed by atoms with van der Waals surface area (Å²) in [5.41, 5.74) is 11.8. The van der Waals surface area contributed by atoms with E-state index in [0.717, 1.165) is 59.7 Å². The summed E-state index contributed by atoms with van der Waals surface area (Å²) in [7, 11) is -0.462. The minimum atomic E-state index is -1.24. The highest BCUT2D eigenvalue weighted by atomic mass is 16.7. The van der Waals surface area contributed by atoms with Gasteiger partial charge in [0.2, 0.25) is 0 Å². The Hall–Kier alpha value is -8.08. The van der Waals surface area contributed by atoms with Crippen LogP contribution in [0.15, 0.2) is 137 Å². The number of benzene rings is 6. The molecule has 2 fully saturated rings. The van der Waals surface area contributed by atoms with Gasteiger partial charge in [0.25, 0.3) is 17.7 Å². The van der Waals surface area contributed by atoms with Crippen LogP contribution in [0.4, 0.5) is 22.7 Å². The summed E-state index contributed by atoms with van der Waals surface area (Å²) in [5.74, 6) is 0.649. The van der Waals surface area contributed by atoms with Gasteiger partial charge in [-0.25, -0.2) is 4.79 Å². The molecule has 78 heavy (non-hydrogen) atoms. The van der Waals surface area contributed by atoms with E-state index in [1.54, 1.807) is 57.2 Å². The van der Waals surface area contributed by atoms with Gasteiger partial charge in [0.05, 0.1) is 22.6 Å². The maximum absolute atomic E-state index is 15.5. The lowest BCUT2D eigenvalue weighted by atomic mass is 9.74. The molecular weight excluding hydrogens is 984 g/mol. The van der Waals surface area contributed by atoms with E-state index >= 15 is 4.79 Å². The molecule has 4 aliphatic rings. The fraction of sp³-hybridized carbons (Fsp3) is 0.323. The number of piperazine rings is 1. The minimum absolute atomic E-state index is 0.0995. The predicted octanol–water partition coefficient (Wildman–Crippen LogP) is 9.60. The standard InChI is InChI=1S/C62H65BN6O9/c1-9-65(10-2)43-23-27-49-54(35-43)75-55-36-44(66(11-3)12-4)24-28-50(55)62(49)48-26-20-41(34-46(48)58(72)69(62)52-16-14-13-15-51(52)64)56(70)67-29-31-68(32-30-67)57(71)47-33-40-19-25-45(37-53(40)76-59(47)73)74-38-39-17-21-42(22-18-39)63-77-60(5,6)61(7,8)78-63/h13-28,33-37H,9-12,29-32,38,64H2,1-8H3. The van der Waals surface area contributed by atoms with Crippen LogP contribution >= 0.6 is 0 Å². The largest absolute Gasteiger partial charge is 0.494 e. The molecule has 3 amide bonds. The van der Waals surface area contributed by atoms with Crippen LogP contribution in [0.3, 0.4) is 0 Å². The summed E-state index contributed by atoms with van der Waals surface area (Å²) >= 11 is 0. The Morgan fingerprint density at radius 3 is 1.82 bits per heavy atom. The molecule has 1 spiro atoms. The predicted molar refractivity (Wildman–Crippen MR) is 305 cm³/mol. The van der Waals surface area contributed by atoms with Crippen LogP contribution in [0.1, 0.15) is 109 Å². The Labute approximate surface area is 455 Å². The number of carbonyl (C=O) groups excluding carboxylic acids is 3. The van der Waals surface area contributed by atoms with E-state index in [9.17, 15) is 14.4 Å². The number of anilines is 4. The quantitative estimate of drug-likeness (QED) is 0.0663. The van der Waals surface area contributed by atoms with E-state index in [1.807, 2.05) is 76.2 Å². The molecule has 0 bridgehead atoms. The highest BCUT2D eigenvalue weighted by Crippen LogP contribution is 2.60. The maximum Gasteiger partial charge on any atom is 0.494 e. The average Bonchev–Trinajstić information content (AvgIpc) is 2.99. The zero-order chi connectivity index (χ0) is 54.8. The fourth-order valence-electron chi connectivity index (χ4n) is 11.4. The molecule has 15 nitrogen and oxygen atoms in total. The Morgan fingerprint density at radius 2 is 1.23 bits per heavy atom. The molecule has 6 aromatic carbocycles. The van der Waals surface area contributed by atoms with Crippen LogP contribution in [-0.2, 0) is 21.5 Å². The third-order valence-corrected chi connectivity index (χ3v) is 16.5. The first kappa shape index (κ1) is 52.0. The number of fused-ring (bicyclic) bond motifs is 7. The highest BCUT2D eigenvalue weighted by Gasteiger charge is 2.58. The number of rotatable bonds is 13. The SMILES string of the molecule is CCN(CC)c1ccc2c(c1)Oc1cc(N(CC)CC)ccc1C21c2ccc(C(=O)N3CCN(C(=O)c4cc5ccc(OCc6ccc(B7OC(C)(C)C(C)(C)O7)cc6)cc5oc4=O)CC3)cc2C(=O)N1c1ccccc1N. The van der Waals surface area contributed by atoms with Crippen LogP contribution in [0.25, 0.3) is 11.0 Å². The second-order valence-corrected chi connectivity index (χ2v) is 21.3. The van der Waals surface area contributed by atoms with Crippen molar-refractivity contribution in [1.82, 2.24) is 9.80 Å². The van der Waals surface area contributed by atoms with Gasteiger partial charge in [0.1, 0.15) is 40.5 Å². The first-order valence-corrected chi connectivity index (χ1v) is 27.0. The molecule has 5 heterocycles. The Bertz CT molecular complexity index is 3490. The number of carbonyl (C=O) groups is 3. The Kier molecular flexibility index (Phi) is 13.4. The van der Waals surface area contributed by atoms with Gasteiger partial charge in [-0.1, -0.05) is 54.6 Å². The molecule has 2 saturated heterocycles. The lowest BCUT2D eigenvalue weighted by Gasteiger charge is -2.45. The molecule has 2 N–H and O–H groups in total. The zero-order valence-electron chi connectivity index (χ0n) is 45.6. The van der Waals surface area contributed by atoms with Crippen LogP contribution in [-0.4, -0.2) is 98.2 Å². The molecule has 400 valence electrons. The summed E-state index contributed by atoms with van der Waals surface area (Å²) in [4.78, 5) is 67.0. The van der Waals surface area contributed by atoms with Crippen molar-refractivity contribution in [3.05, 3.63) is 177 Å². The van der Waals surface area contributed by atoms with E-state index in [0.29, 0.717) is 50.7 Å². The Balaban J connectivity index is 0.827. The number of amides is 3. The van der Waals surface area contributed by atoms with Crippen LogP contribution in [0.2, 0.25) is 0 Å². The summed E-state index contributed by atoms with van der Waals surface area (Å²) in [6.07, 6.45) is 0. The second kappa shape index (κ2) is 20.1. The smallest absolute Gasteiger partial charge is 0.489 e. The van der Waals surface area contributed by atoms with Gasteiger partial charge < -0.3 is 48.5 Å². The molecule has 1 aromatic heterocycles. The number of nitrogens with zero attached hydrogens (tertiary/aromatic N) is 5. The first-order chi connectivity index (χ1) is 37.5. The molecule has 0 unspecified atom stereocenters. The molecule has 0 atom stereocenters. The van der Waals surface area contributed by atoms with E-state index in [-0.39, 0.29) is 55.7 Å². The zero-order valence-corrected chi connectivity index (χ0v) is 45.6. The summed E-state index contributed by atoms with van der Waals surface area (Å²) < 4.78 is 31.1. The van der Waals surface area contributed by atoms with Crippen LogP contribution < -0.4 is 41.0 Å². The van der Waals surface area contributed by atoms with Gasteiger partial charge in [-0.15, -0.1) is 0 Å². The molecule has 16 heteroatoms. The third kappa shape index (κ3) is 8.71. The summed E-state index contributed by atoms with van der Waals surface area (Å²) in [5, 5.41) is 0.564. The number of nitrogen functional groups attached to an aromatic ring is 1. The Morgan fingerprint density at radius 1 is 0.654 bits per heavy atom. The third-order valence-electron chi connectivity index (χ3n) is 16.5. The number of ether oxygens (including phenoxy) is 2. The van der Waals surface area contributed by atoms with Gasteiger partial charge in [0.15, 0.2) is 0 Å². The topological polar surface area (TPSA) is 161 Å². The molecule has 0 radical (unpaired) electrons. The molecule has 7 aromatic rings. The van der Waals surface area contributed by atoms with Crippen molar-refractivity contribution in [2.75, 3.05) is 72.8 Å². The highest BCUT2D eigenvalue weighted by molar-refractivity contribution is 6.62. The first-order valence-electron chi connectivity index (χ1n) is 27.0. The van der Waals surface area contributed by atoms with Gasteiger partial charge in [-0.05, 0) is 121 Å². The number of hydrogen-bond donors (Lipinski definition) is 1. The monoisotopic (exact) mass is 1050 g/mol. The normalized spacial score (nSPS) is 16.7. The van der Waals surface area contributed by atoms with Gasteiger partial charge in [-0.3, -0.25) is 19.3 Å². The van der Waals surface area contributed by atoms with Crippen molar-refractivity contribution in [3.8, 4) is 17.2 Å². The van der Waals surface area contributed by atoms with Crippen LogP contribution in [0.5, 0.6) is 17.2 Å². The second-order valence-electron chi connectivity index (χ2n) is 21.3. The molecule has 0 saturated carbocycles. The van der Waals surface area contributed by atoms with E-state index in [1.165, 1.54) is 0 Å². The summed E-state index contributed by atoms with van der Waals surface area (Å²) in [6.45, 7) is 20.8. The average molecular weight is 1050 g/mol.